The first-order valence-electron chi connectivity index (χ1n) is 6.73. The van der Waals surface area contributed by atoms with Crippen LogP contribution in [0.25, 0.3) is 0 Å². The summed E-state index contributed by atoms with van der Waals surface area (Å²) in [4.78, 5) is 12.2. The molecule has 23 heavy (non-hydrogen) atoms. The molecule has 2 rings (SSSR count). The summed E-state index contributed by atoms with van der Waals surface area (Å²) >= 11 is 5.77. The minimum atomic E-state index is -3.65. The number of rotatable bonds is 5. The molecule has 0 unspecified atom stereocenters. The number of nitrogens with one attached hydrogen (secondary N) is 2. The van der Waals surface area contributed by atoms with Gasteiger partial charge in [0, 0.05) is 12.1 Å². The van der Waals surface area contributed by atoms with Crippen molar-refractivity contribution in [1.82, 2.24) is 4.72 Å². The molecule has 1 amide bonds. The SMILES string of the molecule is CCNS(=O)(=O)c1cccc(C(=O)Nc2cccc(Cl)c2O)c1. The number of amides is 1. The molecule has 0 saturated carbocycles. The molecule has 0 spiro atoms. The summed E-state index contributed by atoms with van der Waals surface area (Å²) < 4.78 is 26.3. The van der Waals surface area contributed by atoms with Gasteiger partial charge in [-0.2, -0.15) is 0 Å². The van der Waals surface area contributed by atoms with Gasteiger partial charge in [0.15, 0.2) is 5.75 Å². The molecule has 0 aliphatic rings. The number of aromatic hydroxyl groups is 1. The van der Waals surface area contributed by atoms with Crippen LogP contribution in [0.5, 0.6) is 5.75 Å². The van der Waals surface area contributed by atoms with E-state index in [2.05, 4.69) is 10.0 Å². The van der Waals surface area contributed by atoms with E-state index in [1.54, 1.807) is 13.0 Å². The van der Waals surface area contributed by atoms with E-state index in [4.69, 9.17) is 11.6 Å². The van der Waals surface area contributed by atoms with Gasteiger partial charge < -0.3 is 10.4 Å². The number of carbonyl (C=O) groups excluding carboxylic acids is 1. The summed E-state index contributed by atoms with van der Waals surface area (Å²) in [5, 5.41) is 12.4. The quantitative estimate of drug-likeness (QED) is 0.719. The Labute approximate surface area is 139 Å². The number of sulfonamides is 1. The van der Waals surface area contributed by atoms with Crippen LogP contribution in [0, 0.1) is 0 Å². The highest BCUT2D eigenvalue weighted by Gasteiger charge is 2.16. The van der Waals surface area contributed by atoms with E-state index in [9.17, 15) is 18.3 Å². The highest BCUT2D eigenvalue weighted by Crippen LogP contribution is 2.31. The third-order valence-corrected chi connectivity index (χ3v) is 4.82. The van der Waals surface area contributed by atoms with Crippen LogP contribution >= 0.6 is 11.6 Å². The summed E-state index contributed by atoms with van der Waals surface area (Å²) in [5.41, 5.74) is 0.283. The van der Waals surface area contributed by atoms with Crippen LogP contribution in [0.2, 0.25) is 5.02 Å². The number of anilines is 1. The van der Waals surface area contributed by atoms with Gasteiger partial charge in [-0.05, 0) is 30.3 Å². The van der Waals surface area contributed by atoms with E-state index in [0.29, 0.717) is 0 Å². The highest BCUT2D eigenvalue weighted by molar-refractivity contribution is 7.89. The number of halogens is 1. The van der Waals surface area contributed by atoms with E-state index >= 15 is 0 Å². The Morgan fingerprint density at radius 1 is 1.22 bits per heavy atom. The van der Waals surface area contributed by atoms with Gasteiger partial charge in [-0.3, -0.25) is 4.79 Å². The number of hydrogen-bond donors (Lipinski definition) is 3. The van der Waals surface area contributed by atoms with Gasteiger partial charge in [0.1, 0.15) is 0 Å². The molecular formula is C15H15ClN2O4S. The Morgan fingerprint density at radius 2 is 1.91 bits per heavy atom. The van der Waals surface area contributed by atoms with Crippen LogP contribution in [-0.4, -0.2) is 26.0 Å². The largest absolute Gasteiger partial charge is 0.504 e. The molecule has 0 saturated heterocycles. The van der Waals surface area contributed by atoms with Crippen LogP contribution < -0.4 is 10.0 Å². The number of para-hydroxylation sites is 1. The zero-order valence-electron chi connectivity index (χ0n) is 12.2. The molecule has 0 atom stereocenters. The average Bonchev–Trinajstić information content (AvgIpc) is 2.52. The van der Waals surface area contributed by atoms with Gasteiger partial charge in [-0.1, -0.05) is 30.7 Å². The predicted octanol–water partition coefficient (Wildman–Crippen LogP) is 2.60. The molecule has 0 aliphatic carbocycles. The topological polar surface area (TPSA) is 95.5 Å². The molecule has 8 heteroatoms. The van der Waals surface area contributed by atoms with Crippen molar-refractivity contribution in [3.63, 3.8) is 0 Å². The van der Waals surface area contributed by atoms with Gasteiger partial charge in [0.05, 0.1) is 15.6 Å². The molecule has 2 aromatic rings. The van der Waals surface area contributed by atoms with E-state index in [1.807, 2.05) is 0 Å². The van der Waals surface area contributed by atoms with Crippen LogP contribution in [-0.2, 0) is 10.0 Å². The predicted molar refractivity (Wildman–Crippen MR) is 88.4 cm³/mol. The van der Waals surface area contributed by atoms with E-state index in [1.165, 1.54) is 36.4 Å². The molecule has 0 aromatic heterocycles. The second kappa shape index (κ2) is 6.99. The van der Waals surface area contributed by atoms with Crippen LogP contribution in [0.3, 0.4) is 0 Å². The number of carbonyl (C=O) groups is 1. The maximum Gasteiger partial charge on any atom is 0.255 e. The smallest absolute Gasteiger partial charge is 0.255 e. The zero-order chi connectivity index (χ0) is 17.0. The fourth-order valence-electron chi connectivity index (χ4n) is 1.89. The first kappa shape index (κ1) is 17.3. The van der Waals surface area contributed by atoms with Crippen molar-refractivity contribution < 1.29 is 18.3 Å². The van der Waals surface area contributed by atoms with Gasteiger partial charge in [-0.25, -0.2) is 13.1 Å². The lowest BCUT2D eigenvalue weighted by Gasteiger charge is -2.09. The molecule has 0 bridgehead atoms. The van der Waals surface area contributed by atoms with E-state index in [-0.39, 0.29) is 33.5 Å². The third-order valence-electron chi connectivity index (χ3n) is 2.98. The highest BCUT2D eigenvalue weighted by atomic mass is 35.5. The van der Waals surface area contributed by atoms with Crippen molar-refractivity contribution in [3.05, 3.63) is 53.1 Å². The van der Waals surface area contributed by atoms with Crippen molar-refractivity contribution in [2.45, 2.75) is 11.8 Å². The molecule has 0 fully saturated rings. The molecule has 122 valence electrons. The maximum absolute atomic E-state index is 12.2. The number of phenols is 1. The van der Waals surface area contributed by atoms with Crippen LogP contribution in [0.1, 0.15) is 17.3 Å². The third kappa shape index (κ3) is 4.01. The summed E-state index contributed by atoms with van der Waals surface area (Å²) in [6.07, 6.45) is 0. The zero-order valence-corrected chi connectivity index (χ0v) is 13.8. The van der Waals surface area contributed by atoms with Crippen molar-refractivity contribution in [2.75, 3.05) is 11.9 Å². The Balaban J connectivity index is 2.29. The molecule has 0 radical (unpaired) electrons. The Morgan fingerprint density at radius 3 is 2.61 bits per heavy atom. The second-order valence-electron chi connectivity index (χ2n) is 4.62. The monoisotopic (exact) mass is 354 g/mol. The van der Waals surface area contributed by atoms with Crippen LogP contribution in [0.4, 0.5) is 5.69 Å². The number of benzene rings is 2. The van der Waals surface area contributed by atoms with Crippen molar-refractivity contribution in [2.24, 2.45) is 0 Å². The minimum Gasteiger partial charge on any atom is -0.504 e. The van der Waals surface area contributed by atoms with Gasteiger partial charge in [-0.15, -0.1) is 0 Å². The maximum atomic E-state index is 12.2. The van der Waals surface area contributed by atoms with Gasteiger partial charge in [0.25, 0.3) is 5.91 Å². The Kier molecular flexibility index (Phi) is 5.25. The molecule has 6 nitrogen and oxygen atoms in total. The summed E-state index contributed by atoms with van der Waals surface area (Å²) in [7, 11) is -3.65. The van der Waals surface area contributed by atoms with Crippen molar-refractivity contribution >= 4 is 33.2 Å². The summed E-state index contributed by atoms with van der Waals surface area (Å²) in [5.74, 6) is -0.810. The molecular weight excluding hydrogens is 340 g/mol. The first-order chi connectivity index (χ1) is 10.8. The van der Waals surface area contributed by atoms with E-state index < -0.39 is 15.9 Å². The molecule has 3 N–H and O–H groups in total. The minimum absolute atomic E-state index is 0.0117. The van der Waals surface area contributed by atoms with Crippen molar-refractivity contribution in [3.8, 4) is 5.75 Å². The second-order valence-corrected chi connectivity index (χ2v) is 6.79. The van der Waals surface area contributed by atoms with E-state index in [0.717, 1.165) is 0 Å². The fraction of sp³-hybridized carbons (Fsp3) is 0.133. The van der Waals surface area contributed by atoms with Crippen molar-refractivity contribution in [1.29, 1.82) is 0 Å². The number of hydrogen-bond acceptors (Lipinski definition) is 4. The Bertz CT molecular complexity index is 837. The Hall–Kier alpha value is -2.09. The lowest BCUT2D eigenvalue weighted by molar-refractivity contribution is 0.102. The van der Waals surface area contributed by atoms with Gasteiger partial charge >= 0.3 is 0 Å². The molecule has 0 heterocycles. The summed E-state index contributed by atoms with van der Waals surface area (Å²) in [6.45, 7) is 1.91. The average molecular weight is 355 g/mol. The normalized spacial score (nSPS) is 11.2. The number of phenolic OH excluding ortho intramolecular Hbond substituents is 1. The first-order valence-corrected chi connectivity index (χ1v) is 8.60. The molecule has 2 aromatic carbocycles. The van der Waals surface area contributed by atoms with Crippen LogP contribution in [0.15, 0.2) is 47.4 Å². The lowest BCUT2D eigenvalue weighted by atomic mass is 10.2. The molecule has 0 aliphatic heterocycles. The standard InChI is InChI=1S/C15H15ClN2O4S/c1-2-17-23(21,22)11-6-3-5-10(9-11)15(20)18-13-8-4-7-12(16)14(13)19/h3-9,17,19H,2H2,1H3,(H,18,20). The fourth-order valence-corrected chi connectivity index (χ4v) is 3.15. The summed E-state index contributed by atoms with van der Waals surface area (Å²) in [6, 6.07) is 10.1. The lowest BCUT2D eigenvalue weighted by Crippen LogP contribution is -2.23. The van der Waals surface area contributed by atoms with Gasteiger partial charge in [0.2, 0.25) is 10.0 Å².